The van der Waals surface area contributed by atoms with Crippen molar-refractivity contribution in [3.8, 4) is 11.1 Å². The zero-order valence-corrected chi connectivity index (χ0v) is 13.8. The number of fused-ring (bicyclic) bond motifs is 11. The lowest BCUT2D eigenvalue weighted by Gasteiger charge is -2.45. The monoisotopic (exact) mass is 319 g/mol. The molecule has 1 nitrogen and oxygen atoms in total. The molecule has 1 heteroatoms. The fraction of sp³-hybridized carbons (Fsp3) is 0.0833. The summed E-state index contributed by atoms with van der Waals surface area (Å²) in [4.78, 5) is 2.55. The van der Waals surface area contributed by atoms with Gasteiger partial charge in [-0.2, -0.15) is 0 Å². The van der Waals surface area contributed by atoms with Gasteiger partial charge < -0.3 is 4.90 Å². The van der Waals surface area contributed by atoms with Gasteiger partial charge in [0.1, 0.15) is 0 Å². The van der Waals surface area contributed by atoms with Crippen molar-refractivity contribution in [3.63, 3.8) is 0 Å². The van der Waals surface area contributed by atoms with Gasteiger partial charge in [-0.25, -0.2) is 0 Å². The second kappa shape index (κ2) is 4.73. The molecule has 2 heterocycles. The molecule has 0 saturated carbocycles. The molecular formula is C24H17N. The Morgan fingerprint density at radius 1 is 0.640 bits per heavy atom. The van der Waals surface area contributed by atoms with Crippen molar-refractivity contribution in [3.05, 3.63) is 107 Å². The van der Waals surface area contributed by atoms with Gasteiger partial charge in [-0.15, -0.1) is 0 Å². The maximum Gasteiger partial charge on any atom is 0.0857 e. The van der Waals surface area contributed by atoms with E-state index in [1.54, 1.807) is 0 Å². The standard InChI is InChI=1S/C24H17N/c1-3-11-20-16(8-1)18-10-5-6-14-22(18)25-23-15-7-13-19(23)17-9-2-4-12-21(17)24(20)25/h1-6,8-15,24H,7H2. The lowest BCUT2D eigenvalue weighted by molar-refractivity contribution is 0.770. The van der Waals surface area contributed by atoms with Gasteiger partial charge in [-0.3, -0.25) is 0 Å². The van der Waals surface area contributed by atoms with E-state index < -0.39 is 0 Å². The third kappa shape index (κ3) is 1.63. The molecule has 0 bridgehead atoms. The van der Waals surface area contributed by atoms with Crippen molar-refractivity contribution in [2.75, 3.05) is 4.90 Å². The first-order chi connectivity index (χ1) is 12.4. The Kier molecular flexibility index (Phi) is 2.51. The van der Waals surface area contributed by atoms with Gasteiger partial charge >= 0.3 is 0 Å². The lowest BCUT2D eigenvalue weighted by atomic mass is 9.78. The first-order valence-electron chi connectivity index (χ1n) is 8.91. The van der Waals surface area contributed by atoms with Gasteiger partial charge in [-0.05, 0) is 34.7 Å². The van der Waals surface area contributed by atoms with Crippen LogP contribution >= 0.6 is 0 Å². The first kappa shape index (κ1) is 13.3. The third-order valence-electron chi connectivity index (χ3n) is 5.68. The smallest absolute Gasteiger partial charge is 0.0857 e. The van der Waals surface area contributed by atoms with Crippen molar-refractivity contribution in [1.29, 1.82) is 0 Å². The van der Waals surface area contributed by atoms with E-state index in [1.165, 1.54) is 44.8 Å². The zero-order chi connectivity index (χ0) is 16.4. The summed E-state index contributed by atoms with van der Waals surface area (Å²) in [7, 11) is 0. The number of benzene rings is 3. The van der Waals surface area contributed by atoms with Crippen molar-refractivity contribution in [1.82, 2.24) is 0 Å². The van der Waals surface area contributed by atoms with Crippen LogP contribution in [0.25, 0.3) is 16.7 Å². The summed E-state index contributed by atoms with van der Waals surface area (Å²) >= 11 is 0. The lowest BCUT2D eigenvalue weighted by Crippen LogP contribution is -2.36. The second-order valence-electron chi connectivity index (χ2n) is 6.91. The minimum atomic E-state index is 0.254. The highest BCUT2D eigenvalue weighted by Gasteiger charge is 2.40. The maximum atomic E-state index is 2.55. The van der Waals surface area contributed by atoms with Gasteiger partial charge in [0, 0.05) is 22.5 Å². The Morgan fingerprint density at radius 2 is 1.28 bits per heavy atom. The Hall–Kier alpha value is -3.06. The SMILES string of the molecule is C1=C2C(=CC1)N1c3ccccc3-c3ccccc3C1c1ccccc12. The van der Waals surface area contributed by atoms with Crippen LogP contribution in [0.5, 0.6) is 0 Å². The summed E-state index contributed by atoms with van der Waals surface area (Å²) in [6.45, 7) is 0. The summed E-state index contributed by atoms with van der Waals surface area (Å²) in [6, 6.07) is 26.9. The summed E-state index contributed by atoms with van der Waals surface area (Å²) in [6.07, 6.45) is 5.77. The van der Waals surface area contributed by atoms with Crippen LogP contribution in [-0.4, -0.2) is 0 Å². The van der Waals surface area contributed by atoms with Gasteiger partial charge in [0.2, 0.25) is 0 Å². The van der Waals surface area contributed by atoms with Crippen molar-refractivity contribution in [2.24, 2.45) is 0 Å². The molecule has 118 valence electrons. The molecule has 0 radical (unpaired) electrons. The molecule has 0 amide bonds. The average molecular weight is 319 g/mol. The number of hydrogen-bond donors (Lipinski definition) is 0. The Morgan fingerprint density at radius 3 is 2.12 bits per heavy atom. The van der Waals surface area contributed by atoms with Crippen LogP contribution in [0, 0.1) is 0 Å². The number of para-hydroxylation sites is 1. The molecule has 2 aliphatic heterocycles. The minimum absolute atomic E-state index is 0.254. The molecule has 3 aromatic carbocycles. The third-order valence-corrected chi connectivity index (χ3v) is 5.68. The summed E-state index contributed by atoms with van der Waals surface area (Å²) in [5.41, 5.74) is 11.0. The van der Waals surface area contributed by atoms with Gasteiger partial charge in [-0.1, -0.05) is 78.9 Å². The number of allylic oxidation sites excluding steroid dienone is 3. The van der Waals surface area contributed by atoms with Crippen LogP contribution < -0.4 is 4.90 Å². The van der Waals surface area contributed by atoms with Gasteiger partial charge in [0.25, 0.3) is 0 Å². The topological polar surface area (TPSA) is 3.24 Å². The Bertz CT molecular complexity index is 1090. The van der Waals surface area contributed by atoms with E-state index in [9.17, 15) is 0 Å². The number of rotatable bonds is 0. The molecule has 1 unspecified atom stereocenters. The minimum Gasteiger partial charge on any atom is -0.329 e. The zero-order valence-electron chi connectivity index (χ0n) is 13.8. The van der Waals surface area contributed by atoms with Crippen LogP contribution in [0.1, 0.15) is 29.2 Å². The molecule has 0 aromatic heterocycles. The molecule has 1 atom stereocenters. The maximum absolute atomic E-state index is 2.55. The molecule has 6 rings (SSSR count). The van der Waals surface area contributed by atoms with E-state index in [0.717, 1.165) is 6.42 Å². The van der Waals surface area contributed by atoms with E-state index in [0.29, 0.717) is 0 Å². The highest BCUT2D eigenvalue weighted by atomic mass is 15.2. The quantitative estimate of drug-likeness (QED) is 0.495. The largest absolute Gasteiger partial charge is 0.329 e. The van der Waals surface area contributed by atoms with E-state index in [1.807, 2.05) is 0 Å². The number of nitrogens with zero attached hydrogens (tertiary/aromatic N) is 1. The Balaban J connectivity index is 1.76. The molecule has 0 saturated heterocycles. The molecule has 3 aliphatic rings. The number of anilines is 1. The molecule has 3 aromatic rings. The van der Waals surface area contributed by atoms with Crippen LogP contribution in [-0.2, 0) is 0 Å². The predicted molar refractivity (Wildman–Crippen MR) is 103 cm³/mol. The Labute approximate surface area is 147 Å². The van der Waals surface area contributed by atoms with Crippen LogP contribution in [0.2, 0.25) is 0 Å². The molecule has 0 fully saturated rings. The summed E-state index contributed by atoms with van der Waals surface area (Å²) in [5, 5.41) is 0. The number of hydrogen-bond acceptors (Lipinski definition) is 1. The predicted octanol–water partition coefficient (Wildman–Crippen LogP) is 5.95. The summed E-state index contributed by atoms with van der Waals surface area (Å²) in [5.74, 6) is 0. The van der Waals surface area contributed by atoms with Crippen molar-refractivity contribution >= 4 is 11.3 Å². The van der Waals surface area contributed by atoms with Crippen molar-refractivity contribution < 1.29 is 0 Å². The molecule has 0 spiro atoms. The molecule has 1 aliphatic carbocycles. The van der Waals surface area contributed by atoms with E-state index in [-0.39, 0.29) is 6.04 Å². The van der Waals surface area contributed by atoms with Crippen molar-refractivity contribution in [2.45, 2.75) is 12.5 Å². The highest BCUT2D eigenvalue weighted by molar-refractivity contribution is 5.97. The van der Waals surface area contributed by atoms with Gasteiger partial charge in [0.05, 0.1) is 6.04 Å². The van der Waals surface area contributed by atoms with E-state index >= 15 is 0 Å². The molecule has 25 heavy (non-hydrogen) atoms. The normalized spacial score (nSPS) is 19.0. The van der Waals surface area contributed by atoms with Crippen LogP contribution in [0.3, 0.4) is 0 Å². The average Bonchev–Trinajstić information content (AvgIpc) is 3.17. The molecule has 0 N–H and O–H groups in total. The fourth-order valence-corrected chi connectivity index (χ4v) is 4.71. The molecular weight excluding hydrogens is 302 g/mol. The first-order valence-corrected chi connectivity index (χ1v) is 8.91. The second-order valence-corrected chi connectivity index (χ2v) is 6.91. The van der Waals surface area contributed by atoms with Crippen LogP contribution in [0.4, 0.5) is 5.69 Å². The fourth-order valence-electron chi connectivity index (χ4n) is 4.71. The highest BCUT2D eigenvalue weighted by Crippen LogP contribution is 2.55. The van der Waals surface area contributed by atoms with Gasteiger partial charge in [0.15, 0.2) is 0 Å². The van der Waals surface area contributed by atoms with E-state index in [2.05, 4.69) is 89.8 Å². The van der Waals surface area contributed by atoms with Crippen LogP contribution in [0.15, 0.2) is 90.6 Å². The summed E-state index contributed by atoms with van der Waals surface area (Å²) < 4.78 is 0. The van der Waals surface area contributed by atoms with E-state index in [4.69, 9.17) is 0 Å².